The normalized spacial score (nSPS) is 21.5. The number of halogens is 1. The Hall–Kier alpha value is -1.46. The molecule has 1 saturated heterocycles. The molecule has 1 atom stereocenters. The predicted octanol–water partition coefficient (Wildman–Crippen LogP) is 1.65. The van der Waals surface area contributed by atoms with E-state index in [1.807, 2.05) is 19.0 Å². The first-order valence-electron chi connectivity index (χ1n) is 6.79. The average molecular weight is 280 g/mol. The molecule has 1 aliphatic heterocycles. The lowest BCUT2D eigenvalue weighted by Gasteiger charge is -2.26. The summed E-state index contributed by atoms with van der Waals surface area (Å²) in [6, 6.07) is 4.17. The van der Waals surface area contributed by atoms with E-state index in [0.717, 1.165) is 19.5 Å². The molecule has 0 radical (unpaired) electrons. The van der Waals surface area contributed by atoms with Crippen molar-refractivity contribution in [1.82, 2.24) is 9.80 Å². The molecule has 1 fully saturated rings. The van der Waals surface area contributed by atoms with E-state index in [1.54, 1.807) is 6.07 Å². The summed E-state index contributed by atoms with van der Waals surface area (Å²) in [6.07, 6.45) is 1.04. The van der Waals surface area contributed by atoms with Gasteiger partial charge in [-0.05, 0) is 51.8 Å². The van der Waals surface area contributed by atoms with Crippen LogP contribution in [0.2, 0.25) is 0 Å². The van der Waals surface area contributed by atoms with Crippen molar-refractivity contribution < 1.29 is 13.9 Å². The van der Waals surface area contributed by atoms with Gasteiger partial charge in [0.25, 0.3) is 0 Å². The molecule has 0 bridgehead atoms. The van der Waals surface area contributed by atoms with Crippen molar-refractivity contribution >= 4 is 5.78 Å². The lowest BCUT2D eigenvalue weighted by Crippen LogP contribution is -2.43. The van der Waals surface area contributed by atoms with Crippen LogP contribution in [0.5, 0.6) is 5.75 Å². The molecule has 20 heavy (non-hydrogen) atoms. The third kappa shape index (κ3) is 3.16. The van der Waals surface area contributed by atoms with Crippen LogP contribution in [0, 0.1) is 5.82 Å². The van der Waals surface area contributed by atoms with Crippen molar-refractivity contribution in [2.45, 2.75) is 12.5 Å². The number of ether oxygens (including phenoxy) is 1. The van der Waals surface area contributed by atoms with Gasteiger partial charge in [0.2, 0.25) is 0 Å². The van der Waals surface area contributed by atoms with E-state index in [2.05, 4.69) is 4.90 Å². The number of carbonyl (C=O) groups is 1. The van der Waals surface area contributed by atoms with E-state index in [-0.39, 0.29) is 17.6 Å². The topological polar surface area (TPSA) is 32.8 Å². The largest absolute Gasteiger partial charge is 0.494 e. The Morgan fingerprint density at radius 3 is 2.75 bits per heavy atom. The van der Waals surface area contributed by atoms with Crippen LogP contribution >= 0.6 is 0 Å². The number of hydrogen-bond acceptors (Lipinski definition) is 4. The van der Waals surface area contributed by atoms with Crippen LogP contribution in [0.4, 0.5) is 4.39 Å². The van der Waals surface area contributed by atoms with Gasteiger partial charge in [0.05, 0.1) is 13.2 Å². The minimum absolute atomic E-state index is 0.0391. The van der Waals surface area contributed by atoms with E-state index >= 15 is 0 Å². The third-order valence-electron chi connectivity index (χ3n) is 3.81. The molecule has 0 N–H and O–H groups in total. The molecule has 1 aromatic rings. The molecule has 4 nitrogen and oxygen atoms in total. The van der Waals surface area contributed by atoms with Gasteiger partial charge in [-0.1, -0.05) is 0 Å². The Morgan fingerprint density at radius 1 is 1.35 bits per heavy atom. The first-order valence-corrected chi connectivity index (χ1v) is 6.79. The highest BCUT2D eigenvalue weighted by Gasteiger charge is 2.28. The maximum Gasteiger partial charge on any atom is 0.181 e. The number of Topliss-reactive ketones (excluding diaryl/α,β-unsaturated/α-hetero) is 1. The number of likely N-dealkylation sites (N-methyl/N-ethyl adjacent to an activating group) is 2. The van der Waals surface area contributed by atoms with Crippen LogP contribution in [0.25, 0.3) is 0 Å². The van der Waals surface area contributed by atoms with E-state index in [0.29, 0.717) is 12.1 Å². The van der Waals surface area contributed by atoms with E-state index in [4.69, 9.17) is 4.74 Å². The smallest absolute Gasteiger partial charge is 0.181 e. The second kappa shape index (κ2) is 6.33. The van der Waals surface area contributed by atoms with Gasteiger partial charge in [-0.15, -0.1) is 0 Å². The monoisotopic (exact) mass is 280 g/mol. The molecule has 0 aliphatic carbocycles. The summed E-state index contributed by atoms with van der Waals surface area (Å²) in [5.74, 6) is -0.376. The molecule has 110 valence electrons. The Balaban J connectivity index is 2.22. The molecule has 1 heterocycles. The fourth-order valence-corrected chi connectivity index (χ4v) is 2.57. The number of hydrogen-bond donors (Lipinski definition) is 0. The Morgan fingerprint density at radius 2 is 2.10 bits per heavy atom. The van der Waals surface area contributed by atoms with E-state index < -0.39 is 5.82 Å². The average Bonchev–Trinajstić information content (AvgIpc) is 2.59. The molecule has 1 aromatic carbocycles. The van der Waals surface area contributed by atoms with Gasteiger partial charge in [-0.25, -0.2) is 4.39 Å². The zero-order chi connectivity index (χ0) is 14.7. The Labute approximate surface area is 119 Å². The van der Waals surface area contributed by atoms with Gasteiger partial charge in [0.1, 0.15) is 0 Å². The van der Waals surface area contributed by atoms with Gasteiger partial charge < -0.3 is 9.64 Å². The zero-order valence-corrected chi connectivity index (χ0v) is 12.2. The first-order chi connectivity index (χ1) is 9.52. The maximum atomic E-state index is 13.7. The number of nitrogens with zero attached hydrogens (tertiary/aromatic N) is 2. The second-order valence-electron chi connectivity index (χ2n) is 5.33. The van der Waals surface area contributed by atoms with Crippen molar-refractivity contribution in [1.29, 1.82) is 0 Å². The van der Waals surface area contributed by atoms with Gasteiger partial charge in [-0.2, -0.15) is 0 Å². The predicted molar refractivity (Wildman–Crippen MR) is 75.8 cm³/mol. The van der Waals surface area contributed by atoms with E-state index in [9.17, 15) is 9.18 Å². The molecule has 0 aromatic heterocycles. The zero-order valence-electron chi connectivity index (χ0n) is 12.2. The molecule has 1 aliphatic rings. The molecule has 2 rings (SSSR count). The van der Waals surface area contributed by atoms with Crippen LogP contribution in [0.15, 0.2) is 18.2 Å². The molecule has 1 unspecified atom stereocenters. The van der Waals surface area contributed by atoms with Gasteiger partial charge >= 0.3 is 0 Å². The van der Waals surface area contributed by atoms with Gasteiger partial charge in [0.15, 0.2) is 17.3 Å². The number of methoxy groups -OCH3 is 1. The Kier molecular flexibility index (Phi) is 4.73. The van der Waals surface area contributed by atoms with Crippen LogP contribution in [-0.2, 0) is 0 Å². The van der Waals surface area contributed by atoms with Crippen LogP contribution in [-0.4, -0.2) is 62.5 Å². The van der Waals surface area contributed by atoms with E-state index in [1.165, 1.54) is 19.2 Å². The summed E-state index contributed by atoms with van der Waals surface area (Å²) < 4.78 is 18.6. The standard InChI is InChI=1S/C15H21FN2O2/c1-17-7-4-8-18(2)13(10-17)15(19)11-5-6-14(20-3)12(16)9-11/h5-6,9,13H,4,7-8,10H2,1-3H3. The SMILES string of the molecule is COc1ccc(C(=O)C2CN(C)CCCN2C)cc1F. The number of rotatable bonds is 3. The summed E-state index contributed by atoms with van der Waals surface area (Å²) in [5.41, 5.74) is 0.399. The molecule has 5 heteroatoms. The third-order valence-corrected chi connectivity index (χ3v) is 3.81. The molecular formula is C15H21FN2O2. The van der Waals surface area contributed by atoms with Crippen LogP contribution in [0.1, 0.15) is 16.8 Å². The van der Waals surface area contributed by atoms with Crippen molar-refractivity contribution in [2.24, 2.45) is 0 Å². The highest BCUT2D eigenvalue weighted by molar-refractivity contribution is 6.00. The van der Waals surface area contributed by atoms with Crippen LogP contribution < -0.4 is 4.74 Å². The number of benzene rings is 1. The fourth-order valence-electron chi connectivity index (χ4n) is 2.57. The summed E-state index contributed by atoms with van der Waals surface area (Å²) in [5, 5.41) is 0. The fraction of sp³-hybridized carbons (Fsp3) is 0.533. The lowest BCUT2D eigenvalue weighted by molar-refractivity contribution is 0.0839. The molecule has 0 amide bonds. The Bertz CT molecular complexity index is 493. The minimum atomic E-state index is -0.497. The quantitative estimate of drug-likeness (QED) is 0.788. The van der Waals surface area contributed by atoms with Crippen molar-refractivity contribution in [3.05, 3.63) is 29.6 Å². The summed E-state index contributed by atoms with van der Waals surface area (Å²) in [4.78, 5) is 16.8. The van der Waals surface area contributed by atoms with Crippen molar-refractivity contribution in [3.63, 3.8) is 0 Å². The molecule has 0 spiro atoms. The minimum Gasteiger partial charge on any atom is -0.494 e. The highest BCUT2D eigenvalue weighted by Crippen LogP contribution is 2.20. The second-order valence-corrected chi connectivity index (χ2v) is 5.33. The highest BCUT2D eigenvalue weighted by atomic mass is 19.1. The van der Waals surface area contributed by atoms with Crippen molar-refractivity contribution in [3.8, 4) is 5.75 Å². The van der Waals surface area contributed by atoms with Crippen molar-refractivity contribution in [2.75, 3.05) is 40.8 Å². The summed E-state index contributed by atoms with van der Waals surface area (Å²) in [7, 11) is 5.36. The molecule has 0 saturated carbocycles. The van der Waals surface area contributed by atoms with Crippen LogP contribution in [0.3, 0.4) is 0 Å². The van der Waals surface area contributed by atoms with Gasteiger partial charge in [-0.3, -0.25) is 9.69 Å². The van der Waals surface area contributed by atoms with Gasteiger partial charge in [0, 0.05) is 12.1 Å². The lowest BCUT2D eigenvalue weighted by atomic mass is 10.0. The number of carbonyl (C=O) groups excluding carboxylic acids is 1. The summed E-state index contributed by atoms with van der Waals surface area (Å²) >= 11 is 0. The molecular weight excluding hydrogens is 259 g/mol. The summed E-state index contributed by atoms with van der Waals surface area (Å²) in [6.45, 7) is 2.52. The first kappa shape index (κ1) is 14.9. The number of ketones is 1. The maximum absolute atomic E-state index is 13.7.